The van der Waals surface area contributed by atoms with Gasteiger partial charge in [0.2, 0.25) is 0 Å². The number of hydrogen-bond donors (Lipinski definition) is 4. The Morgan fingerprint density at radius 1 is 1.33 bits per heavy atom. The molecule has 0 aliphatic heterocycles. The number of hydrogen-bond acceptors (Lipinski definition) is 5. The molecule has 0 aromatic carbocycles. The molecule has 0 spiro atoms. The minimum absolute atomic E-state index is 0.00952. The van der Waals surface area contributed by atoms with Crippen molar-refractivity contribution in [1.82, 2.24) is 10.6 Å². The maximum Gasteiger partial charge on any atom is 0.263 e. The van der Waals surface area contributed by atoms with Crippen molar-refractivity contribution in [2.24, 2.45) is 0 Å². The van der Waals surface area contributed by atoms with Crippen molar-refractivity contribution in [1.29, 1.82) is 0 Å². The average molecular weight is 320 g/mol. The predicted molar refractivity (Wildman–Crippen MR) is 79.2 cm³/mol. The molecule has 1 rings (SSSR count). The summed E-state index contributed by atoms with van der Waals surface area (Å²) in [6.45, 7) is 1.73. The average Bonchev–Trinajstić information content (AvgIpc) is 2.78. The second-order valence-electron chi connectivity index (χ2n) is 4.16. The van der Waals surface area contributed by atoms with E-state index >= 15 is 0 Å². The molecule has 0 atom stereocenters. The quantitative estimate of drug-likeness (QED) is 0.612. The van der Waals surface area contributed by atoms with Crippen LogP contribution in [0.3, 0.4) is 0 Å². The molecule has 0 aliphatic rings. The van der Waals surface area contributed by atoms with Gasteiger partial charge in [-0.3, -0.25) is 9.59 Å². The highest BCUT2D eigenvalue weighted by molar-refractivity contribution is 7.19. The van der Waals surface area contributed by atoms with Crippen LogP contribution < -0.4 is 21.7 Å². The molecule has 0 bridgehead atoms. The van der Waals surface area contributed by atoms with Crippen LogP contribution in [0.25, 0.3) is 0 Å². The third-order valence-corrected chi connectivity index (χ3v) is 3.72. The van der Waals surface area contributed by atoms with Gasteiger partial charge in [0, 0.05) is 13.6 Å². The standard InChI is InChI=1S/C12H18F2N4O2S/c1-3-4-17-11(20)9-8(15)7(10(19)16-2)12(21-9)18-5-6(13)14/h6,18H,3-5,15H2,1-2H3,(H,16,19)(H,17,20). The van der Waals surface area contributed by atoms with Gasteiger partial charge in [0.25, 0.3) is 18.2 Å². The van der Waals surface area contributed by atoms with Crippen LogP contribution in [0, 0.1) is 0 Å². The molecule has 0 fully saturated rings. The molecular weight excluding hydrogens is 302 g/mol. The maximum atomic E-state index is 12.3. The summed E-state index contributed by atoms with van der Waals surface area (Å²) in [4.78, 5) is 23.9. The smallest absolute Gasteiger partial charge is 0.263 e. The first-order valence-electron chi connectivity index (χ1n) is 6.36. The molecule has 0 aliphatic carbocycles. The number of nitrogen functional groups attached to an aromatic ring is 1. The zero-order chi connectivity index (χ0) is 16.0. The number of rotatable bonds is 7. The lowest BCUT2D eigenvalue weighted by atomic mass is 10.2. The Morgan fingerprint density at radius 3 is 2.52 bits per heavy atom. The van der Waals surface area contributed by atoms with Crippen molar-refractivity contribution < 1.29 is 18.4 Å². The predicted octanol–water partition coefficient (Wildman–Crippen LogP) is 1.51. The molecule has 0 saturated carbocycles. The maximum absolute atomic E-state index is 12.3. The van der Waals surface area contributed by atoms with Gasteiger partial charge in [-0.25, -0.2) is 8.78 Å². The number of carbonyl (C=O) groups is 2. The summed E-state index contributed by atoms with van der Waals surface area (Å²) in [5.74, 6) is -0.954. The molecule has 118 valence electrons. The normalized spacial score (nSPS) is 10.5. The van der Waals surface area contributed by atoms with Crippen molar-refractivity contribution in [3.63, 3.8) is 0 Å². The molecule has 5 N–H and O–H groups in total. The van der Waals surface area contributed by atoms with Gasteiger partial charge in [-0.05, 0) is 6.42 Å². The second-order valence-corrected chi connectivity index (χ2v) is 5.18. The second kappa shape index (κ2) is 7.77. The van der Waals surface area contributed by atoms with Crippen molar-refractivity contribution >= 4 is 33.8 Å². The van der Waals surface area contributed by atoms with Gasteiger partial charge in [0.1, 0.15) is 9.88 Å². The number of anilines is 2. The number of amides is 2. The van der Waals surface area contributed by atoms with E-state index in [0.29, 0.717) is 6.54 Å². The SMILES string of the molecule is CCCNC(=O)c1sc(NCC(F)F)c(C(=O)NC)c1N. The van der Waals surface area contributed by atoms with Gasteiger partial charge in [-0.2, -0.15) is 0 Å². The Hall–Kier alpha value is -1.90. The fraction of sp³-hybridized carbons (Fsp3) is 0.500. The molecule has 1 aromatic heterocycles. The van der Waals surface area contributed by atoms with Gasteiger partial charge in [-0.15, -0.1) is 11.3 Å². The topological polar surface area (TPSA) is 96.2 Å². The number of halogens is 2. The van der Waals surface area contributed by atoms with E-state index in [9.17, 15) is 18.4 Å². The fourth-order valence-electron chi connectivity index (χ4n) is 1.58. The highest BCUT2D eigenvalue weighted by atomic mass is 32.1. The molecule has 0 radical (unpaired) electrons. The molecule has 0 saturated heterocycles. The first kappa shape index (κ1) is 17.2. The Kier molecular flexibility index (Phi) is 6.35. The van der Waals surface area contributed by atoms with Crippen molar-refractivity contribution in [3.05, 3.63) is 10.4 Å². The zero-order valence-corrected chi connectivity index (χ0v) is 12.6. The summed E-state index contributed by atoms with van der Waals surface area (Å²) in [6.07, 6.45) is -1.83. The number of nitrogens with one attached hydrogen (secondary N) is 3. The van der Waals surface area contributed by atoms with Crippen LogP contribution in [0.15, 0.2) is 0 Å². The van der Waals surface area contributed by atoms with Crippen LogP contribution >= 0.6 is 11.3 Å². The summed E-state index contributed by atoms with van der Waals surface area (Å²) >= 11 is 0.888. The van der Waals surface area contributed by atoms with Crippen LogP contribution in [0.5, 0.6) is 0 Å². The molecular formula is C12H18F2N4O2S. The monoisotopic (exact) mass is 320 g/mol. The van der Waals surface area contributed by atoms with Crippen molar-refractivity contribution in [3.8, 4) is 0 Å². The highest BCUT2D eigenvalue weighted by Crippen LogP contribution is 2.35. The van der Waals surface area contributed by atoms with E-state index in [4.69, 9.17) is 5.73 Å². The lowest BCUT2D eigenvalue weighted by Crippen LogP contribution is -2.24. The van der Waals surface area contributed by atoms with Crippen molar-refractivity contribution in [2.75, 3.05) is 31.2 Å². The van der Waals surface area contributed by atoms with E-state index in [1.54, 1.807) is 0 Å². The molecule has 21 heavy (non-hydrogen) atoms. The number of alkyl halides is 2. The zero-order valence-electron chi connectivity index (χ0n) is 11.8. The highest BCUT2D eigenvalue weighted by Gasteiger charge is 2.25. The summed E-state index contributed by atoms with van der Waals surface area (Å²) in [7, 11) is 1.40. The van der Waals surface area contributed by atoms with Gasteiger partial charge in [0.05, 0.1) is 17.8 Å². The Bertz CT molecular complexity index is 520. The van der Waals surface area contributed by atoms with Crippen LogP contribution in [0.4, 0.5) is 19.5 Å². The van der Waals surface area contributed by atoms with Gasteiger partial charge < -0.3 is 21.7 Å². The van der Waals surface area contributed by atoms with E-state index in [2.05, 4.69) is 16.0 Å². The summed E-state index contributed by atoms with van der Waals surface area (Å²) < 4.78 is 24.6. The van der Waals surface area contributed by atoms with Crippen LogP contribution in [0.1, 0.15) is 33.4 Å². The lowest BCUT2D eigenvalue weighted by molar-refractivity contribution is 0.0957. The molecule has 0 unspecified atom stereocenters. The third kappa shape index (κ3) is 4.28. The third-order valence-electron chi connectivity index (χ3n) is 2.56. The molecule has 2 amide bonds. The molecule has 1 heterocycles. The van der Waals surface area contributed by atoms with Crippen LogP contribution in [0.2, 0.25) is 0 Å². The van der Waals surface area contributed by atoms with Crippen LogP contribution in [-0.4, -0.2) is 38.4 Å². The summed E-state index contributed by atoms with van der Waals surface area (Å²) in [5.41, 5.74) is 5.83. The minimum Gasteiger partial charge on any atom is -0.397 e. The number of thiophene rings is 1. The van der Waals surface area contributed by atoms with Gasteiger partial charge in [0.15, 0.2) is 0 Å². The van der Waals surface area contributed by atoms with E-state index in [1.165, 1.54) is 7.05 Å². The van der Waals surface area contributed by atoms with Crippen molar-refractivity contribution in [2.45, 2.75) is 19.8 Å². The molecule has 6 nitrogen and oxygen atoms in total. The Morgan fingerprint density at radius 2 is 2.00 bits per heavy atom. The van der Waals surface area contributed by atoms with Gasteiger partial charge >= 0.3 is 0 Å². The lowest BCUT2D eigenvalue weighted by Gasteiger charge is -2.06. The van der Waals surface area contributed by atoms with Gasteiger partial charge in [-0.1, -0.05) is 6.92 Å². The minimum atomic E-state index is -2.58. The first-order valence-corrected chi connectivity index (χ1v) is 7.18. The Balaban J connectivity index is 3.10. The van der Waals surface area contributed by atoms with E-state index in [0.717, 1.165) is 17.8 Å². The Labute approximate surface area is 125 Å². The summed E-state index contributed by atoms with van der Waals surface area (Å²) in [5, 5.41) is 7.62. The number of nitrogens with two attached hydrogens (primary N) is 1. The fourth-order valence-corrected chi connectivity index (χ4v) is 2.62. The molecule has 1 aromatic rings. The summed E-state index contributed by atoms with van der Waals surface area (Å²) in [6, 6.07) is 0. The van der Waals surface area contributed by atoms with E-state index in [-0.39, 0.29) is 21.1 Å². The first-order chi connectivity index (χ1) is 9.92. The largest absolute Gasteiger partial charge is 0.397 e. The van der Waals surface area contributed by atoms with Crippen LogP contribution in [-0.2, 0) is 0 Å². The van der Waals surface area contributed by atoms with E-state index in [1.807, 2.05) is 6.92 Å². The molecule has 9 heteroatoms. The van der Waals surface area contributed by atoms with E-state index < -0.39 is 24.8 Å². The number of carbonyl (C=O) groups excluding carboxylic acids is 2.